The van der Waals surface area contributed by atoms with Crippen molar-refractivity contribution in [3.63, 3.8) is 0 Å². The maximum atomic E-state index is 12.4. The molecule has 1 heterocycles. The van der Waals surface area contributed by atoms with E-state index < -0.39 is 6.04 Å². The van der Waals surface area contributed by atoms with Crippen LogP contribution in [0.1, 0.15) is 31.6 Å². The molecule has 1 aromatic carbocycles. The van der Waals surface area contributed by atoms with Crippen LogP contribution >= 0.6 is 0 Å². The Kier molecular flexibility index (Phi) is 5.89. The maximum absolute atomic E-state index is 12.4. The van der Waals surface area contributed by atoms with Gasteiger partial charge in [-0.15, -0.1) is 0 Å². The van der Waals surface area contributed by atoms with E-state index in [0.29, 0.717) is 23.6 Å². The summed E-state index contributed by atoms with van der Waals surface area (Å²) in [6, 6.07) is 10.5. The molecule has 24 heavy (non-hydrogen) atoms. The second-order valence-corrected chi connectivity index (χ2v) is 5.44. The summed E-state index contributed by atoms with van der Waals surface area (Å²) in [5.41, 5.74) is 1.55. The van der Waals surface area contributed by atoms with Crippen LogP contribution in [0.15, 0.2) is 46.5 Å². The molecule has 1 aromatic heterocycles. The summed E-state index contributed by atoms with van der Waals surface area (Å²) in [5, 5.41) is 8.99. The first-order chi connectivity index (χ1) is 11.5. The van der Waals surface area contributed by atoms with Crippen molar-refractivity contribution in [2.24, 2.45) is 0 Å². The van der Waals surface area contributed by atoms with Crippen molar-refractivity contribution < 1.29 is 14.1 Å². The van der Waals surface area contributed by atoms with Crippen LogP contribution in [0.2, 0.25) is 0 Å². The summed E-state index contributed by atoms with van der Waals surface area (Å²) in [4.78, 5) is 24.5. The van der Waals surface area contributed by atoms with Gasteiger partial charge < -0.3 is 15.2 Å². The summed E-state index contributed by atoms with van der Waals surface area (Å²) in [6.07, 6.45) is 2.39. The molecule has 2 aromatic rings. The minimum atomic E-state index is -0.694. The van der Waals surface area contributed by atoms with Gasteiger partial charge in [-0.25, -0.2) is 0 Å². The van der Waals surface area contributed by atoms with E-state index in [-0.39, 0.29) is 11.8 Å². The lowest BCUT2D eigenvalue weighted by atomic mass is 10.1. The molecule has 2 N–H and O–H groups in total. The van der Waals surface area contributed by atoms with Gasteiger partial charge in [-0.2, -0.15) is 0 Å². The lowest BCUT2D eigenvalue weighted by molar-refractivity contribution is -0.124. The number of carbonyl (C=O) groups is 2. The lowest BCUT2D eigenvalue weighted by Crippen LogP contribution is -2.42. The fourth-order valence-corrected chi connectivity index (χ4v) is 2.09. The second-order valence-electron chi connectivity index (χ2n) is 5.44. The number of benzene rings is 1. The molecular weight excluding hydrogens is 306 g/mol. The number of anilines is 1. The van der Waals surface area contributed by atoms with Gasteiger partial charge in [0.15, 0.2) is 5.82 Å². The molecular formula is C18H21N3O3. The molecule has 2 rings (SSSR count). The Balaban J connectivity index is 1.98. The Labute approximate surface area is 140 Å². The van der Waals surface area contributed by atoms with Gasteiger partial charge in [-0.05, 0) is 31.9 Å². The fourth-order valence-electron chi connectivity index (χ4n) is 2.09. The predicted octanol–water partition coefficient (Wildman–Crippen LogP) is 2.92. The zero-order chi connectivity index (χ0) is 17.5. The van der Waals surface area contributed by atoms with Gasteiger partial charge in [0.2, 0.25) is 11.8 Å². The van der Waals surface area contributed by atoms with Crippen LogP contribution in [-0.2, 0) is 9.59 Å². The third kappa shape index (κ3) is 4.81. The van der Waals surface area contributed by atoms with E-state index in [1.807, 2.05) is 43.3 Å². The second kappa shape index (κ2) is 8.10. The highest BCUT2D eigenvalue weighted by Crippen LogP contribution is 2.11. The SMILES string of the molecule is CC/C(=C\c1ccccc1)C(=O)N[C@@H](C)C(=O)Nc1cc(C)on1. The summed E-state index contributed by atoms with van der Waals surface area (Å²) >= 11 is 0. The molecule has 1 atom stereocenters. The van der Waals surface area contributed by atoms with Crippen molar-refractivity contribution in [2.75, 3.05) is 5.32 Å². The van der Waals surface area contributed by atoms with Gasteiger partial charge in [0.05, 0.1) is 0 Å². The van der Waals surface area contributed by atoms with Gasteiger partial charge in [-0.3, -0.25) is 9.59 Å². The number of rotatable bonds is 6. The van der Waals surface area contributed by atoms with Gasteiger partial charge >= 0.3 is 0 Å². The Bertz CT molecular complexity index is 735. The third-order valence-electron chi connectivity index (χ3n) is 3.43. The number of hydrogen-bond donors (Lipinski definition) is 2. The van der Waals surface area contributed by atoms with E-state index in [2.05, 4.69) is 15.8 Å². The largest absolute Gasteiger partial charge is 0.360 e. The predicted molar refractivity (Wildman–Crippen MR) is 92.2 cm³/mol. The van der Waals surface area contributed by atoms with Crippen molar-refractivity contribution in [3.05, 3.63) is 53.3 Å². The molecule has 6 heteroatoms. The van der Waals surface area contributed by atoms with Crippen molar-refractivity contribution in [1.29, 1.82) is 0 Å². The Morgan fingerprint density at radius 2 is 2.00 bits per heavy atom. The van der Waals surface area contributed by atoms with Crippen LogP contribution in [0.3, 0.4) is 0 Å². The topological polar surface area (TPSA) is 84.2 Å². The van der Waals surface area contributed by atoms with Crippen molar-refractivity contribution in [3.8, 4) is 0 Å². The smallest absolute Gasteiger partial charge is 0.247 e. The van der Waals surface area contributed by atoms with E-state index >= 15 is 0 Å². The van der Waals surface area contributed by atoms with Gasteiger partial charge in [0.1, 0.15) is 11.8 Å². The molecule has 0 aliphatic heterocycles. The Morgan fingerprint density at radius 3 is 2.58 bits per heavy atom. The minimum absolute atomic E-state index is 0.264. The molecule has 0 unspecified atom stereocenters. The first-order valence-corrected chi connectivity index (χ1v) is 7.80. The lowest BCUT2D eigenvalue weighted by Gasteiger charge is -2.14. The van der Waals surface area contributed by atoms with Gasteiger partial charge in [0, 0.05) is 11.6 Å². The first kappa shape index (κ1) is 17.5. The van der Waals surface area contributed by atoms with Crippen LogP contribution in [0, 0.1) is 6.92 Å². The van der Waals surface area contributed by atoms with Crippen LogP contribution in [0.5, 0.6) is 0 Å². The normalized spacial score (nSPS) is 12.5. The Hall–Kier alpha value is -2.89. The molecule has 0 aliphatic carbocycles. The fraction of sp³-hybridized carbons (Fsp3) is 0.278. The average Bonchev–Trinajstić information content (AvgIpc) is 2.98. The van der Waals surface area contributed by atoms with E-state index in [1.165, 1.54) is 0 Å². The zero-order valence-corrected chi connectivity index (χ0v) is 14.0. The van der Waals surface area contributed by atoms with Crippen molar-refractivity contribution in [1.82, 2.24) is 10.5 Å². The van der Waals surface area contributed by atoms with Gasteiger partial charge in [-0.1, -0.05) is 42.4 Å². The molecule has 2 amide bonds. The van der Waals surface area contributed by atoms with Crippen molar-refractivity contribution >= 4 is 23.7 Å². The molecule has 0 aliphatic rings. The molecule has 0 saturated heterocycles. The molecule has 0 fully saturated rings. The molecule has 6 nitrogen and oxygen atoms in total. The molecule has 0 bridgehead atoms. The van der Waals surface area contributed by atoms with Crippen LogP contribution < -0.4 is 10.6 Å². The van der Waals surface area contributed by atoms with E-state index in [1.54, 1.807) is 19.9 Å². The van der Waals surface area contributed by atoms with Crippen LogP contribution in [-0.4, -0.2) is 23.0 Å². The first-order valence-electron chi connectivity index (χ1n) is 7.80. The molecule has 0 radical (unpaired) electrons. The number of amides is 2. The summed E-state index contributed by atoms with van der Waals surface area (Å²) < 4.78 is 4.89. The highest BCUT2D eigenvalue weighted by Gasteiger charge is 2.18. The number of aryl methyl sites for hydroxylation is 1. The third-order valence-corrected chi connectivity index (χ3v) is 3.43. The standard InChI is InChI=1S/C18H21N3O3/c1-4-15(11-14-8-6-5-7-9-14)18(23)19-13(3)17(22)20-16-10-12(2)24-21-16/h5-11,13H,4H2,1-3H3,(H,19,23)(H,20,21,22)/b15-11+/t13-/m0/s1. The number of aromatic nitrogens is 1. The van der Waals surface area contributed by atoms with Crippen LogP contribution in [0.4, 0.5) is 5.82 Å². The van der Waals surface area contributed by atoms with Crippen LogP contribution in [0.25, 0.3) is 6.08 Å². The van der Waals surface area contributed by atoms with Crippen molar-refractivity contribution in [2.45, 2.75) is 33.2 Å². The molecule has 0 saturated carbocycles. The summed E-state index contributed by atoms with van der Waals surface area (Å²) in [6.45, 7) is 5.25. The highest BCUT2D eigenvalue weighted by atomic mass is 16.5. The molecule has 126 valence electrons. The van der Waals surface area contributed by atoms with E-state index in [9.17, 15) is 9.59 Å². The number of nitrogens with zero attached hydrogens (tertiary/aromatic N) is 1. The number of carbonyl (C=O) groups excluding carboxylic acids is 2. The Morgan fingerprint density at radius 1 is 1.29 bits per heavy atom. The summed E-state index contributed by atoms with van der Waals surface area (Å²) in [5.74, 6) is 0.308. The average molecular weight is 327 g/mol. The highest BCUT2D eigenvalue weighted by molar-refractivity contribution is 6.02. The quantitative estimate of drug-likeness (QED) is 0.799. The maximum Gasteiger partial charge on any atom is 0.247 e. The van der Waals surface area contributed by atoms with Gasteiger partial charge in [0.25, 0.3) is 0 Å². The van der Waals surface area contributed by atoms with E-state index in [4.69, 9.17) is 4.52 Å². The number of nitrogens with one attached hydrogen (secondary N) is 2. The molecule has 0 spiro atoms. The summed E-state index contributed by atoms with van der Waals surface area (Å²) in [7, 11) is 0. The minimum Gasteiger partial charge on any atom is -0.360 e. The number of hydrogen-bond acceptors (Lipinski definition) is 4. The monoisotopic (exact) mass is 327 g/mol. The zero-order valence-electron chi connectivity index (χ0n) is 14.0. The van der Waals surface area contributed by atoms with E-state index in [0.717, 1.165) is 5.56 Å².